The zero-order valence-electron chi connectivity index (χ0n) is 13.3. The maximum absolute atomic E-state index is 9.44. The predicted octanol–water partition coefficient (Wildman–Crippen LogP) is 5.24. The first kappa shape index (κ1) is 20.3. The van der Waals surface area contributed by atoms with E-state index < -0.39 is 0 Å². The van der Waals surface area contributed by atoms with Crippen LogP contribution in [0.1, 0.15) is 5.56 Å². The molecule has 2 aromatic carbocycles. The van der Waals surface area contributed by atoms with Crippen LogP contribution in [-0.4, -0.2) is 15.2 Å². The number of phenolic OH excluding ortho intramolecular Hbond substituents is 2. The fourth-order valence-corrected chi connectivity index (χ4v) is 1.70. The number of benzene rings is 2. The molecule has 0 saturated carbocycles. The van der Waals surface area contributed by atoms with Crippen molar-refractivity contribution < 1.29 is 31.3 Å². The Morgan fingerprint density at radius 1 is 0.760 bits per heavy atom. The van der Waals surface area contributed by atoms with Gasteiger partial charge in [0.25, 0.3) is 0 Å². The van der Waals surface area contributed by atoms with E-state index in [2.05, 4.69) is 21.8 Å². The SMILES string of the molecule is C=Cc1ccncc1.Oc1ccccc1N=Nc1ccccc1O.[Pt]. The van der Waals surface area contributed by atoms with Crippen molar-refractivity contribution in [2.24, 2.45) is 10.2 Å². The monoisotopic (exact) mass is 514 g/mol. The number of hydrogen-bond acceptors (Lipinski definition) is 5. The zero-order valence-corrected chi connectivity index (χ0v) is 15.5. The van der Waals surface area contributed by atoms with E-state index in [1.807, 2.05) is 12.1 Å². The minimum Gasteiger partial charge on any atom is -0.506 e. The molecule has 0 aliphatic rings. The summed E-state index contributed by atoms with van der Waals surface area (Å²) < 4.78 is 0. The molecule has 3 aromatic rings. The van der Waals surface area contributed by atoms with Crippen LogP contribution >= 0.6 is 0 Å². The third kappa shape index (κ3) is 6.69. The van der Waals surface area contributed by atoms with Gasteiger partial charge in [0.2, 0.25) is 0 Å². The first-order valence-electron chi connectivity index (χ1n) is 7.21. The fourth-order valence-electron chi connectivity index (χ4n) is 1.70. The second kappa shape index (κ2) is 10.9. The fraction of sp³-hybridized carbons (Fsp3) is 0. The molecule has 3 rings (SSSR count). The molecule has 0 spiro atoms. The van der Waals surface area contributed by atoms with E-state index in [4.69, 9.17) is 0 Å². The van der Waals surface area contributed by atoms with Gasteiger partial charge in [0.05, 0.1) is 0 Å². The number of hydrogen-bond donors (Lipinski definition) is 2. The molecular formula is C19H17N3O2Pt. The number of aromatic hydroxyl groups is 2. The summed E-state index contributed by atoms with van der Waals surface area (Å²) in [5, 5.41) is 26.6. The van der Waals surface area contributed by atoms with Gasteiger partial charge in [-0.15, -0.1) is 10.2 Å². The van der Waals surface area contributed by atoms with Crippen LogP contribution in [-0.2, 0) is 21.1 Å². The second-order valence-electron chi connectivity index (χ2n) is 4.66. The maximum atomic E-state index is 9.44. The first-order chi connectivity index (χ1) is 11.7. The van der Waals surface area contributed by atoms with Crippen molar-refractivity contribution in [2.45, 2.75) is 0 Å². The van der Waals surface area contributed by atoms with Gasteiger partial charge >= 0.3 is 0 Å². The van der Waals surface area contributed by atoms with Crippen LogP contribution in [0.3, 0.4) is 0 Å². The summed E-state index contributed by atoms with van der Waals surface area (Å²) in [5.41, 5.74) is 1.84. The van der Waals surface area contributed by atoms with Gasteiger partial charge in [0.15, 0.2) is 0 Å². The van der Waals surface area contributed by atoms with Crippen molar-refractivity contribution in [1.82, 2.24) is 4.98 Å². The molecule has 0 amide bonds. The molecule has 25 heavy (non-hydrogen) atoms. The number of rotatable bonds is 3. The molecule has 0 bridgehead atoms. The van der Waals surface area contributed by atoms with E-state index in [1.54, 1.807) is 54.9 Å². The van der Waals surface area contributed by atoms with Crippen LogP contribution in [0.2, 0.25) is 0 Å². The van der Waals surface area contributed by atoms with E-state index in [-0.39, 0.29) is 32.6 Å². The Hall–Kier alpha value is -2.78. The van der Waals surface area contributed by atoms with Crippen molar-refractivity contribution >= 4 is 17.5 Å². The van der Waals surface area contributed by atoms with Crippen LogP contribution in [0.5, 0.6) is 11.5 Å². The number of azo groups is 1. The van der Waals surface area contributed by atoms with Gasteiger partial charge in [0.1, 0.15) is 22.9 Å². The molecule has 1 heterocycles. The minimum atomic E-state index is 0. The van der Waals surface area contributed by atoms with E-state index in [9.17, 15) is 10.2 Å². The van der Waals surface area contributed by atoms with E-state index >= 15 is 0 Å². The third-order valence-electron chi connectivity index (χ3n) is 2.97. The smallest absolute Gasteiger partial charge is 0.143 e. The zero-order chi connectivity index (χ0) is 17.2. The Morgan fingerprint density at radius 3 is 1.56 bits per heavy atom. The normalized spacial score (nSPS) is 9.60. The van der Waals surface area contributed by atoms with Crippen molar-refractivity contribution in [3.8, 4) is 11.5 Å². The average Bonchev–Trinajstić information content (AvgIpc) is 2.63. The van der Waals surface area contributed by atoms with Crippen LogP contribution in [0, 0.1) is 0 Å². The van der Waals surface area contributed by atoms with Crippen molar-refractivity contribution in [3.05, 3.63) is 85.2 Å². The molecule has 1 aromatic heterocycles. The Bertz CT molecular complexity index is 776. The molecule has 0 unspecified atom stereocenters. The quantitative estimate of drug-likeness (QED) is 0.470. The molecule has 0 atom stereocenters. The van der Waals surface area contributed by atoms with Gasteiger partial charge in [-0.3, -0.25) is 4.98 Å². The summed E-state index contributed by atoms with van der Waals surface area (Å²) in [6.45, 7) is 3.60. The topological polar surface area (TPSA) is 78.1 Å². The molecule has 0 aliphatic carbocycles. The Labute approximate surface area is 160 Å². The molecule has 0 aliphatic heterocycles. The first-order valence-corrected chi connectivity index (χ1v) is 7.21. The van der Waals surface area contributed by atoms with Crippen LogP contribution in [0.4, 0.5) is 11.4 Å². The van der Waals surface area contributed by atoms with Gasteiger partial charge < -0.3 is 10.2 Å². The van der Waals surface area contributed by atoms with Crippen molar-refractivity contribution in [3.63, 3.8) is 0 Å². The van der Waals surface area contributed by atoms with Gasteiger partial charge in [0, 0.05) is 33.5 Å². The molecule has 0 radical (unpaired) electrons. The van der Waals surface area contributed by atoms with Crippen LogP contribution in [0.15, 0.2) is 89.9 Å². The standard InChI is InChI=1S/C12H10N2O2.C7H7N.Pt/c15-11-7-3-1-5-9(11)13-14-10-6-2-4-8-12(10)16;1-2-7-3-5-8-6-4-7;/h1-8,15-16H;2-6H,1H2;. The molecule has 0 fully saturated rings. The Balaban J connectivity index is 0.000000295. The largest absolute Gasteiger partial charge is 0.506 e. The van der Waals surface area contributed by atoms with E-state index in [1.165, 1.54) is 12.1 Å². The van der Waals surface area contributed by atoms with Crippen LogP contribution < -0.4 is 0 Å². The Kier molecular flexibility index (Phi) is 8.83. The Morgan fingerprint density at radius 2 is 1.20 bits per heavy atom. The molecule has 2 N–H and O–H groups in total. The van der Waals surface area contributed by atoms with E-state index in [0.717, 1.165) is 5.56 Å². The summed E-state index contributed by atoms with van der Waals surface area (Å²) in [4.78, 5) is 3.85. The number of aromatic nitrogens is 1. The van der Waals surface area contributed by atoms with Crippen molar-refractivity contribution in [2.75, 3.05) is 0 Å². The summed E-state index contributed by atoms with van der Waals surface area (Å²) in [7, 11) is 0. The molecular weight excluding hydrogens is 497 g/mol. The predicted molar refractivity (Wildman–Crippen MR) is 94.7 cm³/mol. The second-order valence-corrected chi connectivity index (χ2v) is 4.66. The third-order valence-corrected chi connectivity index (χ3v) is 2.97. The molecule has 6 heteroatoms. The number of nitrogens with zero attached hydrogens (tertiary/aromatic N) is 3. The summed E-state index contributed by atoms with van der Waals surface area (Å²) in [5.74, 6) is 0.114. The van der Waals surface area contributed by atoms with Gasteiger partial charge in [-0.2, -0.15) is 0 Å². The summed E-state index contributed by atoms with van der Waals surface area (Å²) >= 11 is 0. The average molecular weight is 514 g/mol. The summed E-state index contributed by atoms with van der Waals surface area (Å²) in [6.07, 6.45) is 5.29. The van der Waals surface area contributed by atoms with E-state index in [0.29, 0.717) is 11.4 Å². The van der Waals surface area contributed by atoms with Crippen LogP contribution in [0.25, 0.3) is 6.08 Å². The van der Waals surface area contributed by atoms with Gasteiger partial charge in [-0.05, 0) is 42.0 Å². The molecule has 5 nitrogen and oxygen atoms in total. The maximum Gasteiger partial charge on any atom is 0.143 e. The van der Waals surface area contributed by atoms with Crippen molar-refractivity contribution in [1.29, 1.82) is 0 Å². The number of phenols is 2. The molecule has 0 saturated heterocycles. The molecule has 130 valence electrons. The van der Waals surface area contributed by atoms with Gasteiger partial charge in [-0.1, -0.05) is 36.9 Å². The summed E-state index contributed by atoms with van der Waals surface area (Å²) in [6, 6.07) is 17.1. The van der Waals surface area contributed by atoms with Gasteiger partial charge in [-0.25, -0.2) is 0 Å². The number of pyridine rings is 1. The number of para-hydroxylation sites is 2. The minimum absolute atomic E-state index is 0.